The largest absolute Gasteiger partial charge is 0.397 e. The summed E-state index contributed by atoms with van der Waals surface area (Å²) in [5.41, 5.74) is 6.02. The number of rotatable bonds is 1. The molecule has 4 heteroatoms. The first-order valence-electron chi connectivity index (χ1n) is 4.43. The zero-order valence-electron chi connectivity index (χ0n) is 8.66. The van der Waals surface area contributed by atoms with Crippen molar-refractivity contribution in [1.29, 1.82) is 0 Å². The minimum Gasteiger partial charge on any atom is -0.397 e. The number of nitrogen functional groups attached to an aromatic ring is 1. The van der Waals surface area contributed by atoms with Crippen molar-refractivity contribution in [2.24, 2.45) is 0 Å². The summed E-state index contributed by atoms with van der Waals surface area (Å²) >= 11 is 0. The van der Waals surface area contributed by atoms with Crippen LogP contribution < -0.4 is 11.1 Å². The summed E-state index contributed by atoms with van der Waals surface area (Å²) in [6.45, 7) is 5.72. The number of hydrogen-bond acceptors (Lipinski definition) is 3. The van der Waals surface area contributed by atoms with Crippen LogP contribution in [0.2, 0.25) is 0 Å². The van der Waals surface area contributed by atoms with Crippen LogP contribution in [-0.4, -0.2) is 16.4 Å². The van der Waals surface area contributed by atoms with Crippen LogP contribution in [-0.2, 0) is 0 Å². The molecule has 0 spiro atoms. The summed E-state index contributed by atoms with van der Waals surface area (Å²) < 4.78 is 0. The number of carbonyl (C=O) groups is 1. The Morgan fingerprint density at radius 3 is 2.64 bits per heavy atom. The molecule has 0 aromatic carbocycles. The predicted octanol–water partition coefficient (Wildman–Crippen LogP) is 1.19. The van der Waals surface area contributed by atoms with Crippen molar-refractivity contribution in [2.75, 3.05) is 5.73 Å². The number of anilines is 1. The molecule has 1 amide bonds. The lowest BCUT2D eigenvalue weighted by molar-refractivity contribution is 0.0915. The van der Waals surface area contributed by atoms with E-state index in [1.54, 1.807) is 18.3 Å². The Kier molecular flexibility index (Phi) is 2.74. The fraction of sp³-hybridized carbons (Fsp3) is 0.400. The molecule has 0 atom stereocenters. The molecular formula is C10H15N3O. The number of pyridine rings is 1. The van der Waals surface area contributed by atoms with Crippen molar-refractivity contribution in [2.45, 2.75) is 26.3 Å². The first-order chi connectivity index (χ1) is 6.40. The maximum atomic E-state index is 11.6. The number of nitrogens with one attached hydrogen (secondary N) is 1. The maximum Gasteiger partial charge on any atom is 0.272 e. The fourth-order valence-electron chi connectivity index (χ4n) is 1.01. The number of nitrogens with two attached hydrogens (primary N) is 1. The molecule has 0 aliphatic carbocycles. The molecule has 76 valence electrons. The molecule has 0 saturated carbocycles. The van der Waals surface area contributed by atoms with Gasteiger partial charge in [0.2, 0.25) is 0 Å². The number of hydrogen-bond donors (Lipinski definition) is 2. The Bertz CT molecular complexity index is 341. The standard InChI is InChI=1S/C10H15N3O/c1-10(2,3)13-9(14)8-7(11)5-4-6-12-8/h4-6H,11H2,1-3H3,(H,13,14). The van der Waals surface area contributed by atoms with Gasteiger partial charge in [0, 0.05) is 11.7 Å². The molecule has 1 heterocycles. The first kappa shape index (κ1) is 10.5. The maximum absolute atomic E-state index is 11.6. The summed E-state index contributed by atoms with van der Waals surface area (Å²) in [4.78, 5) is 15.6. The van der Waals surface area contributed by atoms with Gasteiger partial charge in [-0.2, -0.15) is 0 Å². The highest BCUT2D eigenvalue weighted by atomic mass is 16.2. The summed E-state index contributed by atoms with van der Waals surface area (Å²) in [5, 5.41) is 2.79. The van der Waals surface area contributed by atoms with Crippen LogP contribution in [0.1, 0.15) is 31.3 Å². The van der Waals surface area contributed by atoms with Crippen molar-refractivity contribution >= 4 is 11.6 Å². The Morgan fingerprint density at radius 2 is 2.14 bits per heavy atom. The third-order valence-corrected chi connectivity index (χ3v) is 1.54. The van der Waals surface area contributed by atoms with E-state index in [0.29, 0.717) is 5.69 Å². The second kappa shape index (κ2) is 3.65. The molecule has 1 rings (SSSR count). The summed E-state index contributed by atoms with van der Waals surface area (Å²) in [5.74, 6) is -0.240. The van der Waals surface area contributed by atoms with Crippen molar-refractivity contribution in [1.82, 2.24) is 10.3 Å². The average molecular weight is 193 g/mol. The van der Waals surface area contributed by atoms with E-state index in [2.05, 4.69) is 10.3 Å². The zero-order valence-corrected chi connectivity index (χ0v) is 8.66. The van der Waals surface area contributed by atoms with Gasteiger partial charge in [-0.05, 0) is 32.9 Å². The highest BCUT2D eigenvalue weighted by Gasteiger charge is 2.17. The molecule has 14 heavy (non-hydrogen) atoms. The topological polar surface area (TPSA) is 68.0 Å². The highest BCUT2D eigenvalue weighted by molar-refractivity contribution is 5.97. The number of amides is 1. The molecular weight excluding hydrogens is 178 g/mol. The number of aromatic nitrogens is 1. The van der Waals surface area contributed by atoms with Gasteiger partial charge in [0.25, 0.3) is 5.91 Å². The normalized spacial score (nSPS) is 11.1. The Balaban J connectivity index is 2.86. The molecule has 0 bridgehead atoms. The quantitative estimate of drug-likeness (QED) is 0.704. The molecule has 0 radical (unpaired) electrons. The van der Waals surface area contributed by atoms with Crippen molar-refractivity contribution in [3.05, 3.63) is 24.0 Å². The molecule has 0 aliphatic heterocycles. The third-order valence-electron chi connectivity index (χ3n) is 1.54. The smallest absolute Gasteiger partial charge is 0.272 e. The van der Waals surface area contributed by atoms with Crippen molar-refractivity contribution < 1.29 is 4.79 Å². The van der Waals surface area contributed by atoms with Gasteiger partial charge in [-0.1, -0.05) is 0 Å². The minimum atomic E-state index is -0.277. The molecule has 0 unspecified atom stereocenters. The summed E-state index contributed by atoms with van der Waals surface area (Å²) in [6.07, 6.45) is 1.55. The molecule has 1 aromatic heterocycles. The molecule has 1 aromatic rings. The number of carbonyl (C=O) groups excluding carboxylic acids is 1. The minimum absolute atomic E-state index is 0.240. The Morgan fingerprint density at radius 1 is 1.50 bits per heavy atom. The van der Waals surface area contributed by atoms with Gasteiger partial charge in [-0.3, -0.25) is 4.79 Å². The first-order valence-corrected chi connectivity index (χ1v) is 4.43. The lowest BCUT2D eigenvalue weighted by atomic mass is 10.1. The van der Waals surface area contributed by atoms with E-state index >= 15 is 0 Å². The Labute approximate surface area is 83.5 Å². The third kappa shape index (κ3) is 2.73. The van der Waals surface area contributed by atoms with Gasteiger partial charge in [0.05, 0.1) is 5.69 Å². The van der Waals surface area contributed by atoms with Gasteiger partial charge in [-0.15, -0.1) is 0 Å². The molecule has 0 aliphatic rings. The molecule has 0 fully saturated rings. The van der Waals surface area contributed by atoms with Crippen LogP contribution in [0.5, 0.6) is 0 Å². The van der Waals surface area contributed by atoms with E-state index in [0.717, 1.165) is 0 Å². The molecule has 0 saturated heterocycles. The molecule has 3 N–H and O–H groups in total. The van der Waals surface area contributed by atoms with Gasteiger partial charge in [0.1, 0.15) is 0 Å². The van der Waals surface area contributed by atoms with Crippen molar-refractivity contribution in [3.8, 4) is 0 Å². The summed E-state index contributed by atoms with van der Waals surface area (Å²) in [6, 6.07) is 3.35. The van der Waals surface area contributed by atoms with E-state index in [9.17, 15) is 4.79 Å². The number of nitrogens with zero attached hydrogens (tertiary/aromatic N) is 1. The van der Waals surface area contributed by atoms with Crippen LogP contribution in [0.15, 0.2) is 18.3 Å². The molecule has 4 nitrogen and oxygen atoms in total. The fourth-order valence-corrected chi connectivity index (χ4v) is 1.01. The van der Waals surface area contributed by atoms with Gasteiger partial charge >= 0.3 is 0 Å². The van der Waals surface area contributed by atoms with Crippen LogP contribution >= 0.6 is 0 Å². The van der Waals surface area contributed by atoms with E-state index in [4.69, 9.17) is 5.73 Å². The SMILES string of the molecule is CC(C)(C)NC(=O)c1ncccc1N. The van der Waals surface area contributed by atoms with Gasteiger partial charge in [0.15, 0.2) is 5.69 Å². The van der Waals surface area contributed by atoms with Crippen LogP contribution in [0.4, 0.5) is 5.69 Å². The second-order valence-electron chi connectivity index (χ2n) is 4.15. The van der Waals surface area contributed by atoms with Crippen LogP contribution in [0.3, 0.4) is 0 Å². The average Bonchev–Trinajstić information content (AvgIpc) is 2.01. The van der Waals surface area contributed by atoms with E-state index < -0.39 is 0 Å². The lowest BCUT2D eigenvalue weighted by Crippen LogP contribution is -2.41. The van der Waals surface area contributed by atoms with Crippen LogP contribution in [0.25, 0.3) is 0 Å². The monoisotopic (exact) mass is 193 g/mol. The highest BCUT2D eigenvalue weighted by Crippen LogP contribution is 2.08. The van der Waals surface area contributed by atoms with Crippen LogP contribution in [0, 0.1) is 0 Å². The lowest BCUT2D eigenvalue weighted by Gasteiger charge is -2.20. The van der Waals surface area contributed by atoms with Crippen molar-refractivity contribution in [3.63, 3.8) is 0 Å². The van der Waals surface area contributed by atoms with E-state index in [1.807, 2.05) is 20.8 Å². The Hall–Kier alpha value is -1.58. The van der Waals surface area contributed by atoms with Gasteiger partial charge < -0.3 is 11.1 Å². The zero-order chi connectivity index (χ0) is 10.8. The van der Waals surface area contributed by atoms with E-state index in [1.165, 1.54) is 0 Å². The second-order valence-corrected chi connectivity index (χ2v) is 4.15. The van der Waals surface area contributed by atoms with E-state index in [-0.39, 0.29) is 17.1 Å². The summed E-state index contributed by atoms with van der Waals surface area (Å²) in [7, 11) is 0. The predicted molar refractivity (Wildman–Crippen MR) is 55.9 cm³/mol. The van der Waals surface area contributed by atoms with Gasteiger partial charge in [-0.25, -0.2) is 4.98 Å².